The van der Waals surface area contributed by atoms with Gasteiger partial charge in [0, 0.05) is 23.0 Å². The van der Waals surface area contributed by atoms with Gasteiger partial charge in [-0.15, -0.1) is 0 Å². The van der Waals surface area contributed by atoms with Crippen molar-refractivity contribution in [2.45, 2.75) is 13.3 Å². The molecule has 0 aliphatic rings. The van der Waals surface area contributed by atoms with E-state index in [0.717, 1.165) is 12.1 Å². The van der Waals surface area contributed by atoms with Gasteiger partial charge in [-0.25, -0.2) is 9.37 Å². The Balaban J connectivity index is 2.18. The summed E-state index contributed by atoms with van der Waals surface area (Å²) in [6, 6.07) is 10.9. The van der Waals surface area contributed by atoms with Crippen LogP contribution in [-0.2, 0) is 6.42 Å². The van der Waals surface area contributed by atoms with Crippen LogP contribution in [0.5, 0.6) is 0 Å². The van der Waals surface area contributed by atoms with Crippen molar-refractivity contribution in [3.63, 3.8) is 0 Å². The first-order valence-corrected chi connectivity index (χ1v) is 7.60. The maximum absolute atomic E-state index is 13.7. The molecule has 116 valence electrons. The number of halogens is 2. The van der Waals surface area contributed by atoms with Gasteiger partial charge in [-0.3, -0.25) is 4.79 Å². The molecule has 0 N–H and O–H groups in total. The molecule has 0 amide bonds. The molecule has 0 aliphatic heterocycles. The second-order valence-electron chi connectivity index (χ2n) is 5.08. The highest BCUT2D eigenvalue weighted by Crippen LogP contribution is 2.25. The van der Waals surface area contributed by atoms with Gasteiger partial charge in [0.15, 0.2) is 5.78 Å². The quantitative estimate of drug-likeness (QED) is 0.663. The number of imidazole rings is 1. The number of aryl methyl sites for hydroxylation is 1. The van der Waals surface area contributed by atoms with Crippen molar-refractivity contribution in [2.24, 2.45) is 0 Å². The van der Waals surface area contributed by atoms with Crippen molar-refractivity contribution in [3.05, 3.63) is 82.6 Å². The molecule has 0 saturated carbocycles. The highest BCUT2D eigenvalue weighted by atomic mass is 35.5. The molecular weight excluding hydrogens is 315 g/mol. The van der Waals surface area contributed by atoms with E-state index in [9.17, 15) is 9.18 Å². The van der Waals surface area contributed by atoms with Gasteiger partial charge >= 0.3 is 0 Å². The van der Waals surface area contributed by atoms with Gasteiger partial charge in [-0.05, 0) is 36.8 Å². The van der Waals surface area contributed by atoms with Crippen LogP contribution >= 0.6 is 11.6 Å². The fourth-order valence-electron chi connectivity index (χ4n) is 2.49. The second-order valence-corrected chi connectivity index (χ2v) is 5.49. The summed E-state index contributed by atoms with van der Waals surface area (Å²) in [4.78, 5) is 17.0. The van der Waals surface area contributed by atoms with E-state index >= 15 is 0 Å². The average Bonchev–Trinajstić information content (AvgIpc) is 3.03. The van der Waals surface area contributed by atoms with Crippen LogP contribution in [0.2, 0.25) is 5.02 Å². The minimum Gasteiger partial charge on any atom is -0.303 e. The average molecular weight is 329 g/mol. The molecule has 0 saturated heterocycles. The van der Waals surface area contributed by atoms with Crippen molar-refractivity contribution >= 4 is 17.4 Å². The molecule has 0 radical (unpaired) electrons. The number of hydrogen-bond acceptors (Lipinski definition) is 2. The maximum atomic E-state index is 13.7. The SMILES string of the molecule is CCc1cncn1-c1ccc(F)cc1C(=O)c1ccccc1Cl. The van der Waals surface area contributed by atoms with Crippen LogP contribution in [-0.4, -0.2) is 15.3 Å². The molecule has 3 rings (SSSR count). The van der Waals surface area contributed by atoms with Gasteiger partial charge in [-0.1, -0.05) is 30.7 Å². The van der Waals surface area contributed by atoms with Crippen molar-refractivity contribution in [1.29, 1.82) is 0 Å². The Bertz CT molecular complexity index is 873. The number of carbonyl (C=O) groups excluding carboxylic acids is 1. The van der Waals surface area contributed by atoms with Gasteiger partial charge in [0.2, 0.25) is 0 Å². The van der Waals surface area contributed by atoms with Crippen LogP contribution in [0.4, 0.5) is 4.39 Å². The highest BCUT2D eigenvalue weighted by molar-refractivity contribution is 6.35. The topological polar surface area (TPSA) is 34.9 Å². The Kier molecular flexibility index (Phi) is 4.26. The first-order valence-electron chi connectivity index (χ1n) is 7.22. The van der Waals surface area contributed by atoms with Gasteiger partial charge in [0.25, 0.3) is 0 Å². The summed E-state index contributed by atoms with van der Waals surface area (Å²) >= 11 is 6.11. The molecule has 3 aromatic rings. The lowest BCUT2D eigenvalue weighted by Gasteiger charge is -2.13. The van der Waals surface area contributed by atoms with E-state index in [-0.39, 0.29) is 11.3 Å². The van der Waals surface area contributed by atoms with Crippen LogP contribution in [0.25, 0.3) is 5.69 Å². The molecule has 23 heavy (non-hydrogen) atoms. The van der Waals surface area contributed by atoms with Gasteiger partial charge in [0.05, 0.1) is 17.0 Å². The largest absolute Gasteiger partial charge is 0.303 e. The molecule has 0 aliphatic carbocycles. The van der Waals surface area contributed by atoms with E-state index in [1.807, 2.05) is 6.92 Å². The second kappa shape index (κ2) is 6.34. The number of nitrogens with zero attached hydrogens (tertiary/aromatic N) is 2. The molecular formula is C18H14ClFN2O. The van der Waals surface area contributed by atoms with E-state index in [2.05, 4.69) is 4.98 Å². The van der Waals surface area contributed by atoms with E-state index < -0.39 is 5.82 Å². The summed E-state index contributed by atoms with van der Waals surface area (Å²) in [7, 11) is 0. The number of rotatable bonds is 4. The van der Waals surface area contributed by atoms with Crippen LogP contribution in [0, 0.1) is 5.82 Å². The first-order chi connectivity index (χ1) is 11.1. The third kappa shape index (κ3) is 2.90. The Labute approximate surface area is 138 Å². The number of ketones is 1. The highest BCUT2D eigenvalue weighted by Gasteiger charge is 2.19. The minimum atomic E-state index is -0.470. The van der Waals surface area contributed by atoms with Crippen molar-refractivity contribution in [1.82, 2.24) is 9.55 Å². The molecule has 0 atom stereocenters. The Morgan fingerprint density at radius 1 is 1.22 bits per heavy atom. The molecule has 0 spiro atoms. The van der Waals surface area contributed by atoms with Gasteiger partial charge < -0.3 is 4.57 Å². The summed E-state index contributed by atoms with van der Waals surface area (Å²) in [6.07, 6.45) is 4.10. The van der Waals surface area contributed by atoms with Crippen molar-refractivity contribution in [2.75, 3.05) is 0 Å². The molecule has 0 bridgehead atoms. The van der Waals surface area contributed by atoms with Crippen LogP contribution in [0.15, 0.2) is 55.0 Å². The molecule has 2 aromatic carbocycles. The van der Waals surface area contributed by atoms with Crippen molar-refractivity contribution < 1.29 is 9.18 Å². The lowest BCUT2D eigenvalue weighted by molar-refractivity contribution is 0.103. The molecule has 0 fully saturated rings. The zero-order valence-corrected chi connectivity index (χ0v) is 13.2. The third-order valence-corrected chi connectivity index (χ3v) is 3.99. The number of carbonyl (C=O) groups is 1. The number of benzene rings is 2. The Hall–Kier alpha value is -2.46. The number of aromatic nitrogens is 2. The maximum Gasteiger partial charge on any atom is 0.196 e. The summed E-state index contributed by atoms with van der Waals surface area (Å²) in [6.45, 7) is 1.99. The van der Waals surface area contributed by atoms with Crippen LogP contribution in [0.1, 0.15) is 28.5 Å². The van der Waals surface area contributed by atoms with E-state index in [0.29, 0.717) is 16.3 Å². The van der Waals surface area contributed by atoms with Gasteiger partial charge in [-0.2, -0.15) is 0 Å². The van der Waals surface area contributed by atoms with Crippen LogP contribution in [0.3, 0.4) is 0 Å². The minimum absolute atomic E-state index is 0.255. The summed E-state index contributed by atoms with van der Waals surface area (Å²) in [5, 5.41) is 0.342. The van der Waals surface area contributed by atoms with Crippen LogP contribution < -0.4 is 0 Å². The molecule has 5 heteroatoms. The molecule has 1 aromatic heterocycles. The number of hydrogen-bond donors (Lipinski definition) is 0. The zero-order valence-electron chi connectivity index (χ0n) is 12.5. The lowest BCUT2D eigenvalue weighted by atomic mass is 10.0. The van der Waals surface area contributed by atoms with Gasteiger partial charge in [0.1, 0.15) is 5.82 Å². The predicted octanol–water partition coefficient (Wildman–Crippen LogP) is 4.46. The lowest BCUT2D eigenvalue weighted by Crippen LogP contribution is -2.10. The predicted molar refractivity (Wildman–Crippen MR) is 87.8 cm³/mol. The Morgan fingerprint density at radius 2 is 2.00 bits per heavy atom. The normalized spacial score (nSPS) is 10.7. The summed E-state index contributed by atoms with van der Waals surface area (Å²) in [5.74, 6) is -0.789. The first kappa shape index (κ1) is 15.4. The van der Waals surface area contributed by atoms with E-state index in [4.69, 9.17) is 11.6 Å². The standard InChI is InChI=1S/C18H14ClFN2O/c1-2-13-10-21-11-22(13)17-8-7-12(20)9-15(17)18(23)14-5-3-4-6-16(14)19/h3-11H,2H2,1H3. The van der Waals surface area contributed by atoms with E-state index in [1.54, 1.807) is 47.4 Å². The monoisotopic (exact) mass is 328 g/mol. The third-order valence-electron chi connectivity index (χ3n) is 3.66. The smallest absolute Gasteiger partial charge is 0.196 e. The van der Waals surface area contributed by atoms with E-state index in [1.165, 1.54) is 12.1 Å². The fourth-order valence-corrected chi connectivity index (χ4v) is 2.71. The zero-order chi connectivity index (χ0) is 16.4. The molecule has 1 heterocycles. The molecule has 0 unspecified atom stereocenters. The Morgan fingerprint density at radius 3 is 2.74 bits per heavy atom. The van der Waals surface area contributed by atoms with Crippen molar-refractivity contribution in [3.8, 4) is 5.69 Å². The summed E-state index contributed by atoms with van der Waals surface area (Å²) < 4.78 is 15.5. The fraction of sp³-hybridized carbons (Fsp3) is 0.111. The summed E-state index contributed by atoms with van der Waals surface area (Å²) in [5.41, 5.74) is 2.13. The molecule has 3 nitrogen and oxygen atoms in total.